The number of carbonyl (C=O) groups is 1. The van der Waals surface area contributed by atoms with Gasteiger partial charge in [-0.1, -0.05) is 12.1 Å². The van der Waals surface area contributed by atoms with E-state index in [0.717, 1.165) is 48.0 Å². The Morgan fingerprint density at radius 2 is 1.97 bits per heavy atom. The summed E-state index contributed by atoms with van der Waals surface area (Å²) in [6.07, 6.45) is 3.36. The molecule has 1 aliphatic rings. The van der Waals surface area contributed by atoms with Gasteiger partial charge in [-0.3, -0.25) is 4.79 Å². The number of aryl methyl sites for hydroxylation is 1. The lowest BCUT2D eigenvalue weighted by Crippen LogP contribution is -2.28. The number of ether oxygens (including phenoxy) is 1. The topological polar surface area (TPSA) is 70.6 Å². The first-order valence-corrected chi connectivity index (χ1v) is 10.1. The summed E-state index contributed by atoms with van der Waals surface area (Å²) in [7, 11) is 7.43. The summed E-state index contributed by atoms with van der Waals surface area (Å²) in [4.78, 5) is 25.8. The van der Waals surface area contributed by atoms with Gasteiger partial charge in [0.2, 0.25) is 5.91 Å². The van der Waals surface area contributed by atoms with Gasteiger partial charge in [-0.2, -0.15) is 0 Å². The number of anilines is 1. The van der Waals surface area contributed by atoms with Crippen LogP contribution in [-0.4, -0.2) is 55.6 Å². The Hall–Kier alpha value is -2.67. The SMILES string of the molecule is COc1ccc(CCC(=O)N(C)Cc2cc(N(C)C)nc([C@@H]3CCCN3)n2)cc1. The number of nitrogens with zero attached hydrogens (tertiary/aromatic N) is 4. The van der Waals surface area contributed by atoms with E-state index in [0.29, 0.717) is 19.4 Å². The highest BCUT2D eigenvalue weighted by molar-refractivity contribution is 5.76. The molecule has 0 radical (unpaired) electrons. The third kappa shape index (κ3) is 5.67. The van der Waals surface area contributed by atoms with Gasteiger partial charge >= 0.3 is 0 Å². The zero-order chi connectivity index (χ0) is 20.8. The maximum atomic E-state index is 12.6. The van der Waals surface area contributed by atoms with Crippen LogP contribution in [0.4, 0.5) is 5.82 Å². The van der Waals surface area contributed by atoms with Crippen molar-refractivity contribution in [3.05, 3.63) is 47.4 Å². The summed E-state index contributed by atoms with van der Waals surface area (Å²) in [6.45, 7) is 1.48. The highest BCUT2D eigenvalue weighted by atomic mass is 16.5. The Kier molecular flexibility index (Phi) is 7.04. The highest BCUT2D eigenvalue weighted by Crippen LogP contribution is 2.23. The number of aromatic nitrogens is 2. The monoisotopic (exact) mass is 397 g/mol. The molecular weight excluding hydrogens is 366 g/mol. The van der Waals surface area contributed by atoms with Crippen molar-refractivity contribution in [2.75, 3.05) is 39.7 Å². The summed E-state index contributed by atoms with van der Waals surface area (Å²) >= 11 is 0. The van der Waals surface area contributed by atoms with Crippen molar-refractivity contribution in [1.29, 1.82) is 0 Å². The minimum Gasteiger partial charge on any atom is -0.497 e. The van der Waals surface area contributed by atoms with Crippen molar-refractivity contribution in [2.45, 2.75) is 38.3 Å². The standard InChI is InChI=1S/C22H31N5O2/c1-26(2)20-14-17(24-22(25-20)19-6-5-13-23-19)15-27(3)21(28)12-9-16-7-10-18(29-4)11-8-16/h7-8,10-11,14,19,23H,5-6,9,12-13,15H2,1-4H3/t19-/m0/s1. The van der Waals surface area contributed by atoms with Crippen molar-refractivity contribution in [3.8, 4) is 5.75 Å². The van der Waals surface area contributed by atoms with Crippen LogP contribution in [-0.2, 0) is 17.8 Å². The maximum Gasteiger partial charge on any atom is 0.222 e. The first kappa shape index (κ1) is 21.0. The first-order chi connectivity index (χ1) is 14.0. The van der Waals surface area contributed by atoms with Gasteiger partial charge in [0.1, 0.15) is 17.4 Å². The quantitative estimate of drug-likeness (QED) is 0.738. The van der Waals surface area contributed by atoms with Crippen molar-refractivity contribution >= 4 is 11.7 Å². The molecule has 2 aromatic rings. The number of hydrogen-bond donors (Lipinski definition) is 1. The second-order valence-corrected chi connectivity index (χ2v) is 7.72. The lowest BCUT2D eigenvalue weighted by molar-refractivity contribution is -0.130. The fourth-order valence-corrected chi connectivity index (χ4v) is 3.44. The van der Waals surface area contributed by atoms with Gasteiger partial charge in [-0.05, 0) is 43.5 Å². The van der Waals surface area contributed by atoms with E-state index in [1.165, 1.54) is 0 Å². The summed E-state index contributed by atoms with van der Waals surface area (Å²) in [5.41, 5.74) is 1.99. The predicted molar refractivity (Wildman–Crippen MR) is 114 cm³/mol. The van der Waals surface area contributed by atoms with Crippen LogP contribution in [0.15, 0.2) is 30.3 Å². The van der Waals surface area contributed by atoms with Crippen molar-refractivity contribution in [1.82, 2.24) is 20.2 Å². The lowest BCUT2D eigenvalue weighted by atomic mass is 10.1. The Morgan fingerprint density at radius 3 is 2.59 bits per heavy atom. The van der Waals surface area contributed by atoms with Crippen molar-refractivity contribution in [3.63, 3.8) is 0 Å². The van der Waals surface area contributed by atoms with E-state index >= 15 is 0 Å². The van der Waals surface area contributed by atoms with Crippen LogP contribution < -0.4 is 15.0 Å². The third-order valence-corrected chi connectivity index (χ3v) is 5.22. The van der Waals surface area contributed by atoms with Crippen molar-refractivity contribution in [2.24, 2.45) is 0 Å². The fourth-order valence-electron chi connectivity index (χ4n) is 3.44. The van der Waals surface area contributed by atoms with Crippen LogP contribution in [0.2, 0.25) is 0 Å². The minimum atomic E-state index is 0.103. The van der Waals surface area contributed by atoms with Crippen LogP contribution in [0.25, 0.3) is 0 Å². The molecule has 0 bridgehead atoms. The van der Waals surface area contributed by atoms with E-state index in [1.54, 1.807) is 12.0 Å². The summed E-state index contributed by atoms with van der Waals surface area (Å²) in [5.74, 6) is 2.62. The number of amides is 1. The Labute approximate surface area is 173 Å². The molecular formula is C22H31N5O2. The molecule has 1 amide bonds. The molecule has 1 N–H and O–H groups in total. The van der Waals surface area contributed by atoms with Gasteiger partial charge in [0.25, 0.3) is 0 Å². The smallest absolute Gasteiger partial charge is 0.222 e. The van der Waals surface area contributed by atoms with Crippen LogP contribution in [0.1, 0.15) is 42.4 Å². The zero-order valence-electron chi connectivity index (χ0n) is 17.8. The maximum absolute atomic E-state index is 12.6. The third-order valence-electron chi connectivity index (χ3n) is 5.22. The van der Waals surface area contributed by atoms with E-state index < -0.39 is 0 Å². The molecule has 1 atom stereocenters. The molecule has 0 spiro atoms. The zero-order valence-corrected chi connectivity index (χ0v) is 17.8. The molecule has 7 nitrogen and oxygen atoms in total. The van der Waals surface area contributed by atoms with Gasteiger partial charge < -0.3 is 19.9 Å². The normalized spacial score (nSPS) is 15.9. The molecule has 1 saturated heterocycles. The number of methoxy groups -OCH3 is 1. The van der Waals surface area contributed by atoms with Gasteiger partial charge in [0.15, 0.2) is 0 Å². The molecule has 0 unspecified atom stereocenters. The van der Waals surface area contributed by atoms with Gasteiger partial charge in [-0.15, -0.1) is 0 Å². The average molecular weight is 398 g/mol. The Bertz CT molecular complexity index is 816. The van der Waals surface area contributed by atoms with E-state index in [4.69, 9.17) is 14.7 Å². The van der Waals surface area contributed by atoms with E-state index in [-0.39, 0.29) is 11.9 Å². The molecule has 29 heavy (non-hydrogen) atoms. The molecule has 1 aromatic heterocycles. The van der Waals surface area contributed by atoms with Gasteiger partial charge in [0, 0.05) is 33.6 Å². The summed E-state index contributed by atoms with van der Waals surface area (Å²) < 4.78 is 5.18. The molecule has 1 aromatic carbocycles. The van der Waals surface area contributed by atoms with Gasteiger partial charge in [-0.25, -0.2) is 9.97 Å². The highest BCUT2D eigenvalue weighted by Gasteiger charge is 2.21. The molecule has 3 rings (SSSR count). The van der Waals surface area contributed by atoms with Crippen LogP contribution in [0.5, 0.6) is 5.75 Å². The average Bonchev–Trinajstić information content (AvgIpc) is 3.27. The van der Waals surface area contributed by atoms with E-state index in [2.05, 4.69) is 5.32 Å². The van der Waals surface area contributed by atoms with E-state index in [1.807, 2.05) is 56.4 Å². The van der Waals surface area contributed by atoms with Gasteiger partial charge in [0.05, 0.1) is 25.4 Å². The first-order valence-electron chi connectivity index (χ1n) is 10.1. The number of nitrogens with one attached hydrogen (secondary N) is 1. The number of hydrogen-bond acceptors (Lipinski definition) is 6. The molecule has 156 valence electrons. The molecule has 1 fully saturated rings. The summed E-state index contributed by atoms with van der Waals surface area (Å²) in [6, 6.07) is 10.0. The summed E-state index contributed by atoms with van der Waals surface area (Å²) in [5, 5.41) is 3.46. The van der Waals surface area contributed by atoms with Crippen LogP contribution in [0, 0.1) is 0 Å². The largest absolute Gasteiger partial charge is 0.497 e. The van der Waals surface area contributed by atoms with Crippen molar-refractivity contribution < 1.29 is 9.53 Å². The van der Waals surface area contributed by atoms with E-state index in [9.17, 15) is 4.79 Å². The molecule has 0 saturated carbocycles. The van der Waals surface area contributed by atoms with Crippen LogP contribution >= 0.6 is 0 Å². The molecule has 0 aliphatic carbocycles. The Balaban J connectivity index is 1.63. The number of carbonyl (C=O) groups excluding carboxylic acids is 1. The fraction of sp³-hybridized carbons (Fsp3) is 0.500. The Morgan fingerprint density at radius 1 is 1.21 bits per heavy atom. The van der Waals surface area contributed by atoms with Crippen LogP contribution in [0.3, 0.4) is 0 Å². The number of rotatable bonds is 8. The second-order valence-electron chi connectivity index (χ2n) is 7.72. The predicted octanol–water partition coefficient (Wildman–Crippen LogP) is 2.57. The molecule has 2 heterocycles. The molecule has 1 aliphatic heterocycles. The number of benzene rings is 1. The minimum absolute atomic E-state index is 0.103. The molecule has 7 heteroatoms. The second kappa shape index (κ2) is 9.69. The lowest BCUT2D eigenvalue weighted by Gasteiger charge is -2.20.